The smallest absolute Gasteiger partial charge is 0.0927 e. The second kappa shape index (κ2) is 9.86. The summed E-state index contributed by atoms with van der Waals surface area (Å²) >= 11 is 0. The number of benzene rings is 3. The zero-order valence-electron chi connectivity index (χ0n) is 21.5. The highest BCUT2D eigenvalue weighted by molar-refractivity contribution is 5.75. The third kappa shape index (κ3) is 4.47. The summed E-state index contributed by atoms with van der Waals surface area (Å²) in [5, 5.41) is 15.7. The Hall–Kier alpha value is -4.32. The van der Waals surface area contributed by atoms with Crippen LogP contribution in [0.1, 0.15) is 25.7 Å². The molecule has 38 heavy (non-hydrogen) atoms. The number of aromatic amines is 2. The number of aromatic nitrogens is 4. The highest BCUT2D eigenvalue weighted by atomic mass is 15.2. The van der Waals surface area contributed by atoms with Gasteiger partial charge in [-0.05, 0) is 79.3 Å². The first-order valence-electron chi connectivity index (χ1n) is 13.7. The van der Waals surface area contributed by atoms with Gasteiger partial charge in [0.05, 0.1) is 22.8 Å². The highest BCUT2D eigenvalue weighted by Gasteiger charge is 2.15. The van der Waals surface area contributed by atoms with Crippen molar-refractivity contribution in [2.24, 2.45) is 0 Å². The van der Waals surface area contributed by atoms with E-state index in [1.165, 1.54) is 37.1 Å². The molecule has 6 nitrogen and oxygen atoms in total. The maximum atomic E-state index is 4.62. The van der Waals surface area contributed by atoms with Gasteiger partial charge in [0.2, 0.25) is 0 Å². The normalized spacial score (nSPS) is 15.5. The number of rotatable bonds is 6. The van der Waals surface area contributed by atoms with E-state index in [4.69, 9.17) is 0 Å². The Morgan fingerprint density at radius 1 is 0.474 bits per heavy atom. The van der Waals surface area contributed by atoms with Crippen molar-refractivity contribution in [2.75, 3.05) is 36.0 Å². The van der Waals surface area contributed by atoms with Crippen molar-refractivity contribution in [3.63, 3.8) is 0 Å². The molecule has 0 radical (unpaired) electrons. The summed E-state index contributed by atoms with van der Waals surface area (Å²) in [4.78, 5) is 4.91. The minimum absolute atomic E-state index is 0.929. The Labute approximate surface area is 223 Å². The molecule has 0 atom stereocenters. The zero-order valence-corrected chi connectivity index (χ0v) is 21.5. The Balaban J connectivity index is 1.09. The first kappa shape index (κ1) is 22.8. The van der Waals surface area contributed by atoms with Crippen LogP contribution in [0, 0.1) is 0 Å². The standard InChI is InChI=1S/C32H32N6/c1-2-17-37(16-1)27-12-8-23(9-13-27)29-21-31(35-33-29)25-6-5-7-26(20-25)32-22-30(34-36-32)24-10-14-28(15-11-24)38-18-3-4-19-38/h5-15,20-22H,1-4,16-19H2,(H,33,35)(H,34,36). The highest BCUT2D eigenvalue weighted by Crippen LogP contribution is 2.31. The maximum absolute atomic E-state index is 4.62. The largest absolute Gasteiger partial charge is 0.372 e. The van der Waals surface area contributed by atoms with Gasteiger partial charge in [-0.15, -0.1) is 0 Å². The molecule has 190 valence electrons. The van der Waals surface area contributed by atoms with Crippen LogP contribution in [0.4, 0.5) is 11.4 Å². The molecule has 4 heterocycles. The van der Waals surface area contributed by atoms with Crippen LogP contribution in [0.5, 0.6) is 0 Å². The molecule has 2 aliphatic heterocycles. The average Bonchev–Trinajstić information content (AvgIpc) is 3.80. The topological polar surface area (TPSA) is 63.8 Å². The Bertz CT molecular complexity index is 1400. The zero-order chi connectivity index (χ0) is 25.3. The Kier molecular flexibility index (Phi) is 5.93. The molecule has 0 bridgehead atoms. The van der Waals surface area contributed by atoms with Crippen LogP contribution in [-0.4, -0.2) is 46.6 Å². The predicted molar refractivity (Wildman–Crippen MR) is 155 cm³/mol. The van der Waals surface area contributed by atoms with Crippen molar-refractivity contribution in [3.8, 4) is 45.0 Å². The number of hydrogen-bond donors (Lipinski definition) is 2. The van der Waals surface area contributed by atoms with Gasteiger partial charge >= 0.3 is 0 Å². The van der Waals surface area contributed by atoms with Gasteiger partial charge in [0.25, 0.3) is 0 Å². The van der Waals surface area contributed by atoms with Gasteiger partial charge in [-0.2, -0.15) is 10.2 Å². The molecular formula is C32H32N6. The van der Waals surface area contributed by atoms with Crippen LogP contribution in [0.3, 0.4) is 0 Å². The third-order valence-corrected chi connectivity index (χ3v) is 7.91. The van der Waals surface area contributed by atoms with Crippen LogP contribution < -0.4 is 9.80 Å². The molecule has 7 rings (SSSR count). The van der Waals surface area contributed by atoms with Crippen LogP contribution in [0.2, 0.25) is 0 Å². The van der Waals surface area contributed by atoms with Gasteiger partial charge in [-0.25, -0.2) is 0 Å². The molecule has 2 fully saturated rings. The molecular weight excluding hydrogens is 468 g/mol. The van der Waals surface area contributed by atoms with Crippen molar-refractivity contribution in [1.29, 1.82) is 0 Å². The number of H-pyrrole nitrogens is 2. The first-order valence-corrected chi connectivity index (χ1v) is 13.7. The number of hydrogen-bond acceptors (Lipinski definition) is 4. The van der Waals surface area contributed by atoms with Crippen molar-refractivity contribution < 1.29 is 0 Å². The fourth-order valence-electron chi connectivity index (χ4n) is 5.73. The summed E-state index contributed by atoms with van der Waals surface area (Å²) in [5.74, 6) is 0. The molecule has 0 amide bonds. The molecule has 0 saturated carbocycles. The van der Waals surface area contributed by atoms with E-state index < -0.39 is 0 Å². The van der Waals surface area contributed by atoms with Crippen LogP contribution in [0.15, 0.2) is 84.9 Å². The lowest BCUT2D eigenvalue weighted by atomic mass is 10.0. The monoisotopic (exact) mass is 500 g/mol. The van der Waals surface area contributed by atoms with Gasteiger partial charge in [0.15, 0.2) is 0 Å². The second-order valence-corrected chi connectivity index (χ2v) is 10.4. The lowest BCUT2D eigenvalue weighted by molar-refractivity contribution is 0.949. The van der Waals surface area contributed by atoms with Gasteiger partial charge in [0, 0.05) is 48.7 Å². The van der Waals surface area contributed by atoms with E-state index in [1.807, 2.05) is 0 Å². The molecule has 2 aliphatic rings. The molecule has 0 aliphatic carbocycles. The lowest BCUT2D eigenvalue weighted by Crippen LogP contribution is -2.17. The van der Waals surface area contributed by atoms with E-state index in [2.05, 4.69) is 115 Å². The van der Waals surface area contributed by atoms with Crippen LogP contribution in [-0.2, 0) is 0 Å². The second-order valence-electron chi connectivity index (χ2n) is 10.4. The fourth-order valence-corrected chi connectivity index (χ4v) is 5.73. The van der Waals surface area contributed by atoms with Crippen molar-refractivity contribution in [2.45, 2.75) is 25.7 Å². The molecule has 0 unspecified atom stereocenters. The number of anilines is 2. The predicted octanol–water partition coefficient (Wildman–Crippen LogP) is 7.00. The van der Waals surface area contributed by atoms with Crippen LogP contribution >= 0.6 is 0 Å². The number of nitrogens with zero attached hydrogens (tertiary/aromatic N) is 4. The van der Waals surface area contributed by atoms with E-state index in [1.54, 1.807) is 0 Å². The molecule has 2 saturated heterocycles. The van der Waals surface area contributed by atoms with Crippen molar-refractivity contribution in [3.05, 3.63) is 84.9 Å². The van der Waals surface area contributed by atoms with E-state index in [9.17, 15) is 0 Å². The molecule has 2 N–H and O–H groups in total. The summed E-state index contributed by atoms with van der Waals surface area (Å²) < 4.78 is 0. The summed E-state index contributed by atoms with van der Waals surface area (Å²) in [7, 11) is 0. The molecule has 5 aromatic rings. The van der Waals surface area contributed by atoms with Crippen molar-refractivity contribution in [1.82, 2.24) is 20.4 Å². The molecule has 2 aromatic heterocycles. The van der Waals surface area contributed by atoms with Crippen LogP contribution in [0.25, 0.3) is 45.0 Å². The molecule has 6 heteroatoms. The minimum atomic E-state index is 0.929. The van der Waals surface area contributed by atoms with E-state index in [0.29, 0.717) is 0 Å². The molecule has 0 spiro atoms. The molecule has 3 aromatic carbocycles. The van der Waals surface area contributed by atoms with Crippen molar-refractivity contribution >= 4 is 11.4 Å². The fraction of sp³-hybridized carbons (Fsp3) is 0.250. The summed E-state index contributed by atoms with van der Waals surface area (Å²) in [6.45, 7) is 4.64. The summed E-state index contributed by atoms with van der Waals surface area (Å²) in [5.41, 5.74) is 11.0. The quantitative estimate of drug-likeness (QED) is 0.263. The lowest BCUT2D eigenvalue weighted by Gasteiger charge is -2.17. The summed E-state index contributed by atoms with van der Waals surface area (Å²) in [6, 6.07) is 30.3. The SMILES string of the molecule is c1cc(-c2cc(-c3ccc(N4CCCC4)cc3)[nH]n2)cc(-c2cc(-c3ccc(N4CCCC4)cc3)[nH]n2)c1. The number of nitrogens with one attached hydrogen (secondary N) is 2. The van der Waals surface area contributed by atoms with E-state index >= 15 is 0 Å². The van der Waals surface area contributed by atoms with E-state index in [0.717, 1.165) is 71.2 Å². The summed E-state index contributed by atoms with van der Waals surface area (Å²) in [6.07, 6.45) is 5.15. The van der Waals surface area contributed by atoms with Gasteiger partial charge in [0.1, 0.15) is 0 Å². The van der Waals surface area contributed by atoms with E-state index in [-0.39, 0.29) is 0 Å². The minimum Gasteiger partial charge on any atom is -0.372 e. The third-order valence-electron chi connectivity index (χ3n) is 7.91. The first-order chi connectivity index (χ1) is 18.8. The maximum Gasteiger partial charge on any atom is 0.0927 e. The Morgan fingerprint density at radius 3 is 1.32 bits per heavy atom. The van der Waals surface area contributed by atoms with Gasteiger partial charge in [-0.3, -0.25) is 10.2 Å². The van der Waals surface area contributed by atoms with Gasteiger partial charge in [-0.1, -0.05) is 42.5 Å². The average molecular weight is 501 g/mol. The Morgan fingerprint density at radius 2 is 0.895 bits per heavy atom. The van der Waals surface area contributed by atoms with Gasteiger partial charge < -0.3 is 9.80 Å².